The van der Waals surface area contributed by atoms with Crippen LogP contribution in [0.15, 0.2) is 30.8 Å². The molecule has 0 aliphatic carbocycles. The molecule has 1 N–H and O–H groups in total. The molecule has 1 rings (SSSR count). The molecule has 1 amide bonds. The molecule has 1 aromatic rings. The van der Waals surface area contributed by atoms with Crippen molar-refractivity contribution in [2.45, 2.75) is 52.7 Å². The summed E-state index contributed by atoms with van der Waals surface area (Å²) < 4.78 is 5.32. The van der Waals surface area contributed by atoms with Crippen molar-refractivity contribution in [3.05, 3.63) is 42.0 Å². The summed E-state index contributed by atoms with van der Waals surface area (Å²) in [4.78, 5) is 12.0. The molecule has 3 nitrogen and oxygen atoms in total. The summed E-state index contributed by atoms with van der Waals surface area (Å²) in [5, 5.41) is 2.92. The van der Waals surface area contributed by atoms with E-state index in [1.807, 2.05) is 65.8 Å². The van der Waals surface area contributed by atoms with Gasteiger partial charge in [0.05, 0.1) is 5.54 Å². The Labute approximate surface area is 122 Å². The molecule has 0 unspecified atom stereocenters. The summed E-state index contributed by atoms with van der Waals surface area (Å²) in [5.74, 6) is 0. The maximum atomic E-state index is 12.0. The summed E-state index contributed by atoms with van der Waals surface area (Å²) in [7, 11) is 0. The van der Waals surface area contributed by atoms with Crippen LogP contribution in [-0.4, -0.2) is 11.7 Å². The fraction of sp³-hybridized carbons (Fsp3) is 0.471. The van der Waals surface area contributed by atoms with Crippen LogP contribution in [-0.2, 0) is 10.3 Å². The minimum atomic E-state index is -0.530. The standard InChI is InChI=1S/C17H25NO2/c1-12(2)13-10-8-9-11-14(13)17(6,7)18-15(19)20-16(3,4)5/h8-11H,1H2,2-7H3,(H,18,19). The average molecular weight is 275 g/mol. The van der Waals surface area contributed by atoms with Gasteiger partial charge in [-0.1, -0.05) is 36.4 Å². The van der Waals surface area contributed by atoms with Crippen LogP contribution in [0.2, 0.25) is 0 Å². The Morgan fingerprint density at radius 3 is 2.20 bits per heavy atom. The number of amides is 1. The smallest absolute Gasteiger partial charge is 0.408 e. The van der Waals surface area contributed by atoms with E-state index in [1.54, 1.807) is 0 Å². The van der Waals surface area contributed by atoms with Crippen LogP contribution in [0.4, 0.5) is 4.79 Å². The van der Waals surface area contributed by atoms with Crippen LogP contribution in [0.3, 0.4) is 0 Å². The van der Waals surface area contributed by atoms with Gasteiger partial charge in [0.1, 0.15) is 5.60 Å². The van der Waals surface area contributed by atoms with Gasteiger partial charge in [-0.3, -0.25) is 0 Å². The molecule has 3 heteroatoms. The summed E-state index contributed by atoms with van der Waals surface area (Å²) in [5.41, 5.74) is 2.01. The molecular formula is C17H25NO2. The molecule has 0 spiro atoms. The second-order valence-corrected chi connectivity index (χ2v) is 6.58. The van der Waals surface area contributed by atoms with Crippen LogP contribution < -0.4 is 5.32 Å². The van der Waals surface area contributed by atoms with Crippen molar-refractivity contribution in [1.29, 1.82) is 0 Å². The number of hydrogen-bond acceptors (Lipinski definition) is 2. The monoisotopic (exact) mass is 275 g/mol. The molecule has 0 radical (unpaired) electrons. The van der Waals surface area contributed by atoms with Crippen molar-refractivity contribution in [1.82, 2.24) is 5.32 Å². The van der Waals surface area contributed by atoms with E-state index >= 15 is 0 Å². The Hall–Kier alpha value is -1.77. The maximum Gasteiger partial charge on any atom is 0.408 e. The molecule has 0 heterocycles. The normalized spacial score (nSPS) is 11.9. The van der Waals surface area contributed by atoms with E-state index < -0.39 is 17.2 Å². The Morgan fingerprint density at radius 1 is 1.15 bits per heavy atom. The van der Waals surface area contributed by atoms with E-state index in [-0.39, 0.29) is 0 Å². The van der Waals surface area contributed by atoms with Gasteiger partial charge in [-0.2, -0.15) is 0 Å². The third-order valence-electron chi connectivity index (χ3n) is 2.87. The molecule has 0 saturated carbocycles. The number of nitrogens with one attached hydrogen (secondary N) is 1. The van der Waals surface area contributed by atoms with Crippen LogP contribution in [0, 0.1) is 0 Å². The Kier molecular flexibility index (Phi) is 4.64. The predicted octanol–water partition coefficient (Wildman–Crippen LogP) is 4.48. The highest BCUT2D eigenvalue weighted by Gasteiger charge is 2.28. The fourth-order valence-electron chi connectivity index (χ4n) is 2.03. The molecule has 0 bridgehead atoms. The van der Waals surface area contributed by atoms with Gasteiger partial charge < -0.3 is 10.1 Å². The molecular weight excluding hydrogens is 250 g/mol. The van der Waals surface area contributed by atoms with Crippen molar-refractivity contribution in [2.24, 2.45) is 0 Å². The number of carbonyl (C=O) groups excluding carboxylic acids is 1. The largest absolute Gasteiger partial charge is 0.444 e. The van der Waals surface area contributed by atoms with Gasteiger partial charge in [0.2, 0.25) is 0 Å². The Bertz CT molecular complexity index is 510. The highest BCUT2D eigenvalue weighted by atomic mass is 16.6. The highest BCUT2D eigenvalue weighted by Crippen LogP contribution is 2.28. The number of benzene rings is 1. The zero-order valence-electron chi connectivity index (χ0n) is 13.3. The van der Waals surface area contributed by atoms with Crippen LogP contribution in [0.25, 0.3) is 5.57 Å². The van der Waals surface area contributed by atoms with Gasteiger partial charge in [0.25, 0.3) is 0 Å². The number of carbonyl (C=O) groups is 1. The van der Waals surface area contributed by atoms with E-state index in [4.69, 9.17) is 4.74 Å². The molecule has 20 heavy (non-hydrogen) atoms. The lowest BCUT2D eigenvalue weighted by Crippen LogP contribution is -2.44. The van der Waals surface area contributed by atoms with Crippen LogP contribution in [0.1, 0.15) is 52.7 Å². The molecule has 0 atom stereocenters. The van der Waals surface area contributed by atoms with E-state index in [0.29, 0.717) is 0 Å². The van der Waals surface area contributed by atoms with E-state index in [9.17, 15) is 4.79 Å². The first-order valence-corrected chi connectivity index (χ1v) is 6.79. The van der Waals surface area contributed by atoms with Gasteiger partial charge in [0.15, 0.2) is 0 Å². The number of alkyl carbamates (subject to hydrolysis) is 1. The Balaban J connectivity index is 3.00. The van der Waals surface area contributed by atoms with Gasteiger partial charge in [-0.15, -0.1) is 0 Å². The zero-order chi connectivity index (χ0) is 15.6. The van der Waals surface area contributed by atoms with Gasteiger partial charge in [0, 0.05) is 0 Å². The SMILES string of the molecule is C=C(C)c1ccccc1C(C)(C)NC(=O)OC(C)(C)C. The van der Waals surface area contributed by atoms with Crippen molar-refractivity contribution < 1.29 is 9.53 Å². The average Bonchev–Trinajstić information content (AvgIpc) is 2.25. The lowest BCUT2D eigenvalue weighted by atomic mass is 9.88. The quantitative estimate of drug-likeness (QED) is 0.883. The number of ether oxygens (including phenoxy) is 1. The van der Waals surface area contributed by atoms with Gasteiger partial charge in [-0.25, -0.2) is 4.79 Å². The lowest BCUT2D eigenvalue weighted by molar-refractivity contribution is 0.0470. The maximum absolute atomic E-state index is 12.0. The van der Waals surface area contributed by atoms with Gasteiger partial charge in [-0.05, 0) is 52.7 Å². The first-order chi connectivity index (χ1) is 9.03. The third-order valence-corrected chi connectivity index (χ3v) is 2.87. The molecule has 0 fully saturated rings. The number of rotatable bonds is 3. The molecule has 0 aliphatic rings. The first kappa shape index (κ1) is 16.3. The minimum absolute atomic E-state index is 0.418. The molecule has 0 aromatic heterocycles. The van der Waals surface area contributed by atoms with Crippen molar-refractivity contribution >= 4 is 11.7 Å². The van der Waals surface area contributed by atoms with Crippen molar-refractivity contribution in [2.75, 3.05) is 0 Å². The fourth-order valence-corrected chi connectivity index (χ4v) is 2.03. The molecule has 0 saturated heterocycles. The zero-order valence-corrected chi connectivity index (χ0v) is 13.3. The van der Waals surface area contributed by atoms with E-state index in [0.717, 1.165) is 16.7 Å². The van der Waals surface area contributed by atoms with Crippen LogP contribution >= 0.6 is 0 Å². The summed E-state index contributed by atoms with van der Waals surface area (Å²) >= 11 is 0. The van der Waals surface area contributed by atoms with Crippen molar-refractivity contribution in [3.8, 4) is 0 Å². The molecule has 110 valence electrons. The molecule has 0 aliphatic heterocycles. The predicted molar refractivity (Wildman–Crippen MR) is 83.5 cm³/mol. The van der Waals surface area contributed by atoms with Crippen molar-refractivity contribution in [3.63, 3.8) is 0 Å². The lowest BCUT2D eigenvalue weighted by Gasteiger charge is -2.30. The molecule has 1 aromatic carbocycles. The first-order valence-electron chi connectivity index (χ1n) is 6.79. The summed E-state index contributed by atoms with van der Waals surface area (Å²) in [6.45, 7) is 15.4. The third kappa shape index (κ3) is 4.41. The number of hydrogen-bond donors (Lipinski definition) is 1. The minimum Gasteiger partial charge on any atom is -0.444 e. The Morgan fingerprint density at radius 2 is 1.70 bits per heavy atom. The summed E-state index contributed by atoms with van der Waals surface area (Å²) in [6.07, 6.45) is -0.418. The second-order valence-electron chi connectivity index (χ2n) is 6.58. The highest BCUT2D eigenvalue weighted by molar-refractivity contribution is 5.71. The second kappa shape index (κ2) is 5.70. The van der Waals surface area contributed by atoms with E-state index in [2.05, 4.69) is 11.9 Å². The van der Waals surface area contributed by atoms with Crippen LogP contribution in [0.5, 0.6) is 0 Å². The van der Waals surface area contributed by atoms with E-state index in [1.165, 1.54) is 0 Å². The topological polar surface area (TPSA) is 38.3 Å². The van der Waals surface area contributed by atoms with Gasteiger partial charge >= 0.3 is 6.09 Å². The number of allylic oxidation sites excluding steroid dienone is 1. The summed E-state index contributed by atoms with van der Waals surface area (Å²) in [6, 6.07) is 7.94.